The van der Waals surface area contributed by atoms with E-state index in [0.717, 1.165) is 23.0 Å². The van der Waals surface area contributed by atoms with Gasteiger partial charge in [0.15, 0.2) is 0 Å². The Kier molecular flexibility index (Phi) is 8.56. The van der Waals surface area contributed by atoms with Gasteiger partial charge in [0, 0.05) is 12.6 Å². The minimum Gasteiger partial charge on any atom is -0.453 e. The molecule has 2 aromatic rings. The van der Waals surface area contributed by atoms with Gasteiger partial charge in [0.2, 0.25) is 0 Å². The van der Waals surface area contributed by atoms with E-state index in [0.29, 0.717) is 24.3 Å². The number of anilines is 1. The Balaban J connectivity index is 2.20. The highest BCUT2D eigenvalue weighted by atomic mass is 19.4. The Bertz CT molecular complexity index is 1230. The molecule has 220 valence electrons. The fraction of sp³-hybridized carbons (Fsp3) is 0.440. The van der Waals surface area contributed by atoms with Crippen LogP contribution in [0, 0.1) is 0 Å². The Hall–Kier alpha value is -3.65. The van der Waals surface area contributed by atoms with E-state index in [1.807, 2.05) is 0 Å². The fourth-order valence-corrected chi connectivity index (χ4v) is 4.50. The molecule has 6 nitrogen and oxygen atoms in total. The number of amides is 2. The van der Waals surface area contributed by atoms with E-state index in [9.17, 15) is 49.1 Å². The minimum absolute atomic E-state index is 0.0627. The van der Waals surface area contributed by atoms with Crippen molar-refractivity contribution in [3.05, 3.63) is 64.2 Å². The average molecular weight is 586 g/mol. The number of methoxy groups -OCH3 is 1. The fourth-order valence-electron chi connectivity index (χ4n) is 4.50. The SMILES string of the molecule is CCOC(=O)N1c2ccc(C(F)(F)F)cc2[C@H](N(Cc2cc(C(F)(F)F)cc(C(F)(F)F)c2)C(=O)OC)C[C@@H]1C. The van der Waals surface area contributed by atoms with Gasteiger partial charge in [-0.1, -0.05) is 0 Å². The van der Waals surface area contributed by atoms with Crippen molar-refractivity contribution in [2.75, 3.05) is 18.6 Å². The third-order valence-corrected chi connectivity index (χ3v) is 6.23. The van der Waals surface area contributed by atoms with Crippen LogP contribution in [-0.2, 0) is 34.5 Å². The van der Waals surface area contributed by atoms with Crippen LogP contribution in [0.1, 0.15) is 54.1 Å². The molecule has 0 spiro atoms. The molecular weight excluding hydrogens is 563 g/mol. The number of benzene rings is 2. The molecule has 0 aromatic heterocycles. The molecule has 15 heteroatoms. The molecule has 0 unspecified atom stereocenters. The minimum atomic E-state index is -5.17. The van der Waals surface area contributed by atoms with E-state index < -0.39 is 71.6 Å². The zero-order valence-corrected chi connectivity index (χ0v) is 21.2. The molecule has 0 bridgehead atoms. The maximum atomic E-state index is 13.6. The number of carbonyl (C=O) groups is 2. The summed E-state index contributed by atoms with van der Waals surface area (Å²) in [4.78, 5) is 27.3. The Morgan fingerprint density at radius 2 is 1.45 bits per heavy atom. The predicted octanol–water partition coefficient (Wildman–Crippen LogP) is 7.81. The molecule has 2 aromatic carbocycles. The molecular formula is C25H23F9N2O4. The van der Waals surface area contributed by atoms with Gasteiger partial charge in [-0.15, -0.1) is 0 Å². The van der Waals surface area contributed by atoms with Gasteiger partial charge < -0.3 is 9.47 Å². The maximum Gasteiger partial charge on any atom is 0.416 e. The smallest absolute Gasteiger partial charge is 0.416 e. The van der Waals surface area contributed by atoms with Crippen molar-refractivity contribution >= 4 is 17.9 Å². The monoisotopic (exact) mass is 586 g/mol. The lowest BCUT2D eigenvalue weighted by Crippen LogP contribution is -2.47. The average Bonchev–Trinajstić information content (AvgIpc) is 2.84. The molecule has 1 aliphatic heterocycles. The molecule has 0 fully saturated rings. The van der Waals surface area contributed by atoms with Crippen LogP contribution in [-0.4, -0.2) is 36.8 Å². The van der Waals surface area contributed by atoms with Crippen molar-refractivity contribution in [2.24, 2.45) is 0 Å². The van der Waals surface area contributed by atoms with Crippen LogP contribution in [0.15, 0.2) is 36.4 Å². The van der Waals surface area contributed by atoms with Crippen molar-refractivity contribution in [1.82, 2.24) is 4.90 Å². The van der Waals surface area contributed by atoms with E-state index >= 15 is 0 Å². The first-order chi connectivity index (χ1) is 18.4. The molecule has 0 radical (unpaired) electrons. The highest BCUT2D eigenvalue weighted by Crippen LogP contribution is 2.45. The first-order valence-corrected chi connectivity index (χ1v) is 11.7. The lowest BCUT2D eigenvalue weighted by molar-refractivity contribution is -0.143. The maximum absolute atomic E-state index is 13.6. The summed E-state index contributed by atoms with van der Waals surface area (Å²) in [6.45, 7) is 2.05. The van der Waals surface area contributed by atoms with Crippen molar-refractivity contribution < 1.29 is 58.6 Å². The molecule has 2 atom stereocenters. The van der Waals surface area contributed by atoms with E-state index in [2.05, 4.69) is 0 Å². The van der Waals surface area contributed by atoms with Gasteiger partial charge in [0.1, 0.15) is 0 Å². The molecule has 0 N–H and O–H groups in total. The lowest BCUT2D eigenvalue weighted by atomic mass is 9.89. The Morgan fingerprint density at radius 1 is 0.900 bits per heavy atom. The molecule has 0 aliphatic carbocycles. The Labute approximate surface area is 222 Å². The lowest BCUT2D eigenvalue weighted by Gasteiger charge is -2.42. The number of carbonyl (C=O) groups excluding carboxylic acids is 2. The number of ether oxygens (including phenoxy) is 2. The normalized spacial score (nSPS) is 17.8. The first-order valence-electron chi connectivity index (χ1n) is 11.7. The van der Waals surface area contributed by atoms with Crippen LogP contribution in [0.2, 0.25) is 0 Å². The quantitative estimate of drug-likeness (QED) is 0.343. The Morgan fingerprint density at radius 3 is 1.93 bits per heavy atom. The number of halogens is 9. The van der Waals surface area contributed by atoms with E-state index in [1.54, 1.807) is 0 Å². The van der Waals surface area contributed by atoms with Gasteiger partial charge in [-0.25, -0.2) is 9.59 Å². The van der Waals surface area contributed by atoms with Gasteiger partial charge in [-0.3, -0.25) is 9.80 Å². The van der Waals surface area contributed by atoms with E-state index in [1.165, 1.54) is 13.8 Å². The van der Waals surface area contributed by atoms with Crippen LogP contribution in [0.5, 0.6) is 0 Å². The van der Waals surface area contributed by atoms with Crippen LogP contribution < -0.4 is 4.90 Å². The second-order valence-electron chi connectivity index (χ2n) is 8.95. The summed E-state index contributed by atoms with van der Waals surface area (Å²) >= 11 is 0. The molecule has 40 heavy (non-hydrogen) atoms. The molecule has 2 amide bonds. The molecule has 0 saturated heterocycles. The van der Waals surface area contributed by atoms with Crippen LogP contribution in [0.4, 0.5) is 54.8 Å². The number of fused-ring (bicyclic) bond motifs is 1. The first kappa shape index (κ1) is 30.9. The number of hydrogen-bond acceptors (Lipinski definition) is 4. The van der Waals surface area contributed by atoms with Gasteiger partial charge in [-0.05, 0) is 67.8 Å². The third kappa shape index (κ3) is 6.55. The van der Waals surface area contributed by atoms with Crippen molar-refractivity contribution in [3.63, 3.8) is 0 Å². The standard InChI is InChI=1S/C25H23F9N2O4/c1-4-40-22(38)36-13(2)7-20(18-11-15(23(26,27)28)5-6-19(18)36)35(21(37)39-3)12-14-8-16(24(29,30)31)10-17(9-14)25(32,33)34/h5-6,8-11,13,20H,4,7,12H2,1-3H3/t13-,20+/m0/s1. The molecule has 1 heterocycles. The zero-order chi connectivity index (χ0) is 30.2. The predicted molar refractivity (Wildman–Crippen MR) is 122 cm³/mol. The van der Waals surface area contributed by atoms with Crippen molar-refractivity contribution in [1.29, 1.82) is 0 Å². The molecule has 1 aliphatic rings. The number of hydrogen-bond donors (Lipinski definition) is 0. The number of alkyl halides is 9. The second-order valence-corrected chi connectivity index (χ2v) is 8.95. The topological polar surface area (TPSA) is 59.1 Å². The summed E-state index contributed by atoms with van der Waals surface area (Å²) in [6, 6.07) is 0.940. The second kappa shape index (κ2) is 11.1. The van der Waals surface area contributed by atoms with Gasteiger partial charge in [-0.2, -0.15) is 39.5 Å². The summed E-state index contributed by atoms with van der Waals surface area (Å²) < 4.78 is 131. The van der Waals surface area contributed by atoms with Gasteiger partial charge >= 0.3 is 30.7 Å². The van der Waals surface area contributed by atoms with Gasteiger partial charge in [0.25, 0.3) is 0 Å². The molecule has 0 saturated carbocycles. The summed E-state index contributed by atoms with van der Waals surface area (Å²) in [5.74, 6) is 0. The summed E-state index contributed by atoms with van der Waals surface area (Å²) in [5.41, 5.74) is -5.32. The summed E-state index contributed by atoms with van der Waals surface area (Å²) in [7, 11) is 0.896. The van der Waals surface area contributed by atoms with E-state index in [-0.39, 0.29) is 30.3 Å². The van der Waals surface area contributed by atoms with Crippen LogP contribution >= 0.6 is 0 Å². The van der Waals surface area contributed by atoms with Crippen molar-refractivity contribution in [3.8, 4) is 0 Å². The largest absolute Gasteiger partial charge is 0.453 e. The number of nitrogens with zero attached hydrogens (tertiary/aromatic N) is 2. The van der Waals surface area contributed by atoms with Crippen LogP contribution in [0.25, 0.3) is 0 Å². The highest BCUT2D eigenvalue weighted by Gasteiger charge is 2.42. The highest BCUT2D eigenvalue weighted by molar-refractivity contribution is 5.90. The summed E-state index contributed by atoms with van der Waals surface area (Å²) in [6.07, 6.45) is -17.5. The van der Waals surface area contributed by atoms with Crippen LogP contribution in [0.3, 0.4) is 0 Å². The van der Waals surface area contributed by atoms with Gasteiger partial charge in [0.05, 0.1) is 42.1 Å². The number of rotatable bonds is 4. The zero-order valence-electron chi connectivity index (χ0n) is 21.2. The van der Waals surface area contributed by atoms with Crippen molar-refractivity contribution in [2.45, 2.75) is 57.4 Å². The molecule has 3 rings (SSSR count). The summed E-state index contributed by atoms with van der Waals surface area (Å²) in [5, 5.41) is 0. The third-order valence-electron chi connectivity index (χ3n) is 6.23. The van der Waals surface area contributed by atoms with E-state index in [4.69, 9.17) is 9.47 Å².